The molecule has 1 rings (SSSR count). The number of carbonyl (C=O) groups is 2. The van der Waals surface area contributed by atoms with E-state index in [1.807, 2.05) is 0 Å². The van der Waals surface area contributed by atoms with E-state index in [1.165, 1.54) is 12.8 Å². The Labute approximate surface area is 77.3 Å². The molecule has 1 atom stereocenters. The standard InChI is InChI=1S/C9H15NO3/c11-6-10-8(3-4-9(12)13)5-7-1-2-7/h6-8H,1-5H2,(H,10,11)(H,12,13). The largest absolute Gasteiger partial charge is 0.481 e. The Hall–Kier alpha value is -1.06. The first-order valence-electron chi connectivity index (χ1n) is 4.64. The van der Waals surface area contributed by atoms with Gasteiger partial charge in [0.25, 0.3) is 0 Å². The molecule has 0 aromatic heterocycles. The molecule has 0 aromatic carbocycles. The molecule has 1 unspecified atom stereocenters. The van der Waals surface area contributed by atoms with Gasteiger partial charge in [-0.2, -0.15) is 0 Å². The molecule has 4 nitrogen and oxygen atoms in total. The summed E-state index contributed by atoms with van der Waals surface area (Å²) in [5.41, 5.74) is 0. The zero-order chi connectivity index (χ0) is 9.68. The zero-order valence-corrected chi connectivity index (χ0v) is 7.53. The van der Waals surface area contributed by atoms with Crippen LogP contribution >= 0.6 is 0 Å². The highest BCUT2D eigenvalue weighted by Crippen LogP contribution is 2.34. The smallest absolute Gasteiger partial charge is 0.303 e. The normalized spacial score (nSPS) is 17.8. The number of rotatable bonds is 7. The second-order valence-corrected chi connectivity index (χ2v) is 3.59. The van der Waals surface area contributed by atoms with E-state index in [0.717, 1.165) is 6.42 Å². The van der Waals surface area contributed by atoms with E-state index in [1.54, 1.807) is 0 Å². The molecule has 1 saturated carbocycles. The van der Waals surface area contributed by atoms with E-state index in [9.17, 15) is 9.59 Å². The van der Waals surface area contributed by atoms with Gasteiger partial charge in [0.15, 0.2) is 0 Å². The molecule has 1 aliphatic carbocycles. The molecule has 0 bridgehead atoms. The fourth-order valence-electron chi connectivity index (χ4n) is 1.42. The van der Waals surface area contributed by atoms with Crippen molar-refractivity contribution in [1.82, 2.24) is 5.32 Å². The first-order valence-corrected chi connectivity index (χ1v) is 4.64. The van der Waals surface area contributed by atoms with Crippen LogP contribution in [-0.4, -0.2) is 23.5 Å². The average molecular weight is 185 g/mol. The topological polar surface area (TPSA) is 66.4 Å². The molecule has 2 N–H and O–H groups in total. The van der Waals surface area contributed by atoms with Gasteiger partial charge in [-0.3, -0.25) is 9.59 Å². The number of aliphatic carboxylic acids is 1. The highest BCUT2D eigenvalue weighted by Gasteiger charge is 2.25. The minimum Gasteiger partial charge on any atom is -0.481 e. The fraction of sp³-hybridized carbons (Fsp3) is 0.778. The molecule has 13 heavy (non-hydrogen) atoms. The van der Waals surface area contributed by atoms with Crippen molar-refractivity contribution in [3.8, 4) is 0 Å². The van der Waals surface area contributed by atoms with Gasteiger partial charge >= 0.3 is 5.97 Å². The van der Waals surface area contributed by atoms with Gasteiger partial charge in [-0.05, 0) is 18.8 Å². The lowest BCUT2D eigenvalue weighted by molar-refractivity contribution is -0.137. The Balaban J connectivity index is 2.18. The van der Waals surface area contributed by atoms with Crippen LogP contribution in [0.1, 0.15) is 32.1 Å². The SMILES string of the molecule is O=CNC(CCC(=O)O)CC1CC1. The van der Waals surface area contributed by atoms with Gasteiger partial charge in [-0.25, -0.2) is 0 Å². The summed E-state index contributed by atoms with van der Waals surface area (Å²) in [4.78, 5) is 20.5. The highest BCUT2D eigenvalue weighted by molar-refractivity contribution is 5.66. The van der Waals surface area contributed by atoms with E-state index < -0.39 is 5.97 Å². The van der Waals surface area contributed by atoms with Crippen molar-refractivity contribution >= 4 is 12.4 Å². The van der Waals surface area contributed by atoms with Crippen molar-refractivity contribution in [2.75, 3.05) is 0 Å². The Bertz CT molecular complexity index is 189. The van der Waals surface area contributed by atoms with Crippen molar-refractivity contribution in [1.29, 1.82) is 0 Å². The molecular weight excluding hydrogens is 170 g/mol. The second-order valence-electron chi connectivity index (χ2n) is 3.59. The summed E-state index contributed by atoms with van der Waals surface area (Å²) in [6.45, 7) is 0. The number of carboxylic acid groups (broad SMARTS) is 1. The Morgan fingerprint density at radius 3 is 2.77 bits per heavy atom. The molecule has 0 spiro atoms. The fourth-order valence-corrected chi connectivity index (χ4v) is 1.42. The number of carboxylic acids is 1. The molecule has 0 radical (unpaired) electrons. The van der Waals surface area contributed by atoms with Crippen molar-refractivity contribution in [2.24, 2.45) is 5.92 Å². The highest BCUT2D eigenvalue weighted by atomic mass is 16.4. The number of hydrogen-bond donors (Lipinski definition) is 2. The molecular formula is C9H15NO3. The quantitative estimate of drug-likeness (QED) is 0.575. The van der Waals surface area contributed by atoms with Crippen molar-refractivity contribution in [2.45, 2.75) is 38.1 Å². The van der Waals surface area contributed by atoms with Crippen molar-refractivity contribution in [3.63, 3.8) is 0 Å². The minimum absolute atomic E-state index is 0.0566. The zero-order valence-electron chi connectivity index (χ0n) is 7.53. The van der Waals surface area contributed by atoms with Crippen LogP contribution in [0.5, 0.6) is 0 Å². The van der Waals surface area contributed by atoms with Gasteiger partial charge in [0.1, 0.15) is 0 Å². The maximum atomic E-state index is 10.3. The summed E-state index contributed by atoms with van der Waals surface area (Å²) >= 11 is 0. The maximum Gasteiger partial charge on any atom is 0.303 e. The van der Waals surface area contributed by atoms with Crippen LogP contribution in [0.4, 0.5) is 0 Å². The van der Waals surface area contributed by atoms with Crippen LogP contribution in [-0.2, 0) is 9.59 Å². The van der Waals surface area contributed by atoms with E-state index in [-0.39, 0.29) is 12.5 Å². The molecule has 1 aliphatic rings. The Kier molecular flexibility index (Phi) is 3.73. The summed E-state index contributed by atoms with van der Waals surface area (Å²) in [6.07, 6.45) is 4.73. The Morgan fingerprint density at radius 1 is 1.62 bits per heavy atom. The molecule has 0 saturated heterocycles. The molecule has 1 fully saturated rings. The average Bonchev–Trinajstić information content (AvgIpc) is 2.84. The third-order valence-corrected chi connectivity index (χ3v) is 2.33. The first kappa shape index (κ1) is 10.0. The van der Waals surface area contributed by atoms with Crippen LogP contribution in [0.3, 0.4) is 0 Å². The van der Waals surface area contributed by atoms with Crippen LogP contribution in [0.2, 0.25) is 0 Å². The van der Waals surface area contributed by atoms with Crippen molar-refractivity contribution in [3.05, 3.63) is 0 Å². The first-order chi connectivity index (χ1) is 6.22. The number of carbonyl (C=O) groups excluding carboxylic acids is 1. The predicted molar refractivity (Wildman–Crippen MR) is 47.2 cm³/mol. The number of nitrogens with one attached hydrogen (secondary N) is 1. The van der Waals surface area contributed by atoms with Crippen molar-refractivity contribution < 1.29 is 14.7 Å². The van der Waals surface area contributed by atoms with Crippen LogP contribution in [0.15, 0.2) is 0 Å². The monoisotopic (exact) mass is 185 g/mol. The summed E-state index contributed by atoms with van der Waals surface area (Å²) in [6, 6.07) is 0.0566. The van der Waals surface area contributed by atoms with Crippen LogP contribution in [0, 0.1) is 5.92 Å². The van der Waals surface area contributed by atoms with Gasteiger partial charge in [-0.1, -0.05) is 12.8 Å². The Morgan fingerprint density at radius 2 is 2.31 bits per heavy atom. The van der Waals surface area contributed by atoms with E-state index in [4.69, 9.17) is 5.11 Å². The van der Waals surface area contributed by atoms with Gasteiger partial charge in [0.05, 0.1) is 0 Å². The third-order valence-electron chi connectivity index (χ3n) is 2.33. The summed E-state index contributed by atoms with van der Waals surface area (Å²) in [5.74, 6) is -0.0836. The number of hydrogen-bond acceptors (Lipinski definition) is 2. The van der Waals surface area contributed by atoms with Crippen LogP contribution < -0.4 is 5.32 Å². The predicted octanol–water partition coefficient (Wildman–Crippen LogP) is 0.766. The molecule has 0 aromatic rings. The number of amides is 1. The van der Waals surface area contributed by atoms with Gasteiger partial charge in [-0.15, -0.1) is 0 Å². The lowest BCUT2D eigenvalue weighted by atomic mass is 10.1. The van der Waals surface area contributed by atoms with Gasteiger partial charge in [0, 0.05) is 12.5 Å². The van der Waals surface area contributed by atoms with Gasteiger partial charge < -0.3 is 10.4 Å². The second kappa shape index (κ2) is 4.84. The molecule has 0 aliphatic heterocycles. The summed E-state index contributed by atoms with van der Waals surface area (Å²) < 4.78 is 0. The lowest BCUT2D eigenvalue weighted by Gasteiger charge is -2.13. The van der Waals surface area contributed by atoms with E-state index in [0.29, 0.717) is 18.7 Å². The molecule has 0 heterocycles. The molecule has 74 valence electrons. The summed E-state index contributed by atoms with van der Waals surface area (Å²) in [7, 11) is 0. The minimum atomic E-state index is -0.798. The lowest BCUT2D eigenvalue weighted by Crippen LogP contribution is -2.28. The van der Waals surface area contributed by atoms with Gasteiger partial charge in [0.2, 0.25) is 6.41 Å². The molecule has 4 heteroatoms. The van der Waals surface area contributed by atoms with Crippen LogP contribution in [0.25, 0.3) is 0 Å². The van der Waals surface area contributed by atoms with E-state index >= 15 is 0 Å². The third kappa shape index (κ3) is 4.50. The maximum absolute atomic E-state index is 10.3. The summed E-state index contributed by atoms with van der Waals surface area (Å²) in [5, 5.41) is 11.1. The molecule has 1 amide bonds. The van der Waals surface area contributed by atoms with E-state index in [2.05, 4.69) is 5.32 Å².